The van der Waals surface area contributed by atoms with Crippen molar-refractivity contribution in [3.8, 4) is 0 Å². The SMILES string of the molecule is CCCNCC1(CN2CCC(CCO)C2)CCOCC1. The number of likely N-dealkylation sites (tertiary alicyclic amines) is 1. The molecular weight excluding hydrogens is 252 g/mol. The average Bonchev–Trinajstić information content (AvgIpc) is 2.88. The molecule has 0 amide bonds. The van der Waals surface area contributed by atoms with Crippen molar-refractivity contribution in [2.24, 2.45) is 11.3 Å². The highest BCUT2D eigenvalue weighted by atomic mass is 16.5. The van der Waals surface area contributed by atoms with Crippen LogP contribution in [0.4, 0.5) is 0 Å². The van der Waals surface area contributed by atoms with Gasteiger partial charge in [-0.05, 0) is 56.5 Å². The van der Waals surface area contributed by atoms with E-state index in [0.717, 1.165) is 32.7 Å². The van der Waals surface area contributed by atoms with Crippen molar-refractivity contribution in [3.63, 3.8) is 0 Å². The topological polar surface area (TPSA) is 44.7 Å². The van der Waals surface area contributed by atoms with Gasteiger partial charge in [-0.1, -0.05) is 6.92 Å². The summed E-state index contributed by atoms with van der Waals surface area (Å²) in [7, 11) is 0. The van der Waals surface area contributed by atoms with E-state index in [4.69, 9.17) is 9.84 Å². The van der Waals surface area contributed by atoms with Crippen molar-refractivity contribution < 1.29 is 9.84 Å². The average molecular weight is 284 g/mol. The predicted molar refractivity (Wildman–Crippen MR) is 81.9 cm³/mol. The summed E-state index contributed by atoms with van der Waals surface area (Å²) in [6, 6.07) is 0. The molecule has 0 aromatic rings. The highest BCUT2D eigenvalue weighted by Gasteiger charge is 2.36. The van der Waals surface area contributed by atoms with Crippen LogP contribution in [-0.4, -0.2) is 62.6 Å². The van der Waals surface area contributed by atoms with E-state index in [1.54, 1.807) is 0 Å². The fraction of sp³-hybridized carbons (Fsp3) is 1.00. The van der Waals surface area contributed by atoms with Crippen LogP contribution >= 0.6 is 0 Å². The molecule has 1 unspecified atom stereocenters. The molecule has 1 atom stereocenters. The molecule has 2 rings (SSSR count). The summed E-state index contributed by atoms with van der Waals surface area (Å²) in [5, 5.41) is 12.7. The van der Waals surface area contributed by atoms with E-state index in [2.05, 4.69) is 17.1 Å². The quantitative estimate of drug-likeness (QED) is 0.663. The van der Waals surface area contributed by atoms with E-state index in [1.807, 2.05) is 0 Å². The minimum atomic E-state index is 0.343. The number of aliphatic hydroxyl groups excluding tert-OH is 1. The van der Waals surface area contributed by atoms with Gasteiger partial charge < -0.3 is 20.1 Å². The zero-order chi connectivity index (χ0) is 14.3. The molecule has 2 N–H and O–H groups in total. The highest BCUT2D eigenvalue weighted by molar-refractivity contribution is 4.89. The molecule has 2 fully saturated rings. The van der Waals surface area contributed by atoms with Gasteiger partial charge in [-0.25, -0.2) is 0 Å². The second kappa shape index (κ2) is 8.32. The molecule has 2 heterocycles. The number of nitrogens with zero attached hydrogens (tertiary/aromatic N) is 1. The largest absolute Gasteiger partial charge is 0.396 e. The van der Waals surface area contributed by atoms with Gasteiger partial charge in [0, 0.05) is 39.5 Å². The second-order valence-electron chi connectivity index (χ2n) is 6.69. The van der Waals surface area contributed by atoms with Crippen molar-refractivity contribution in [2.45, 2.75) is 39.0 Å². The van der Waals surface area contributed by atoms with Crippen molar-refractivity contribution in [1.82, 2.24) is 10.2 Å². The Morgan fingerprint density at radius 2 is 2.15 bits per heavy atom. The Hall–Kier alpha value is -0.160. The Morgan fingerprint density at radius 3 is 2.85 bits per heavy atom. The summed E-state index contributed by atoms with van der Waals surface area (Å²) in [5.41, 5.74) is 0.404. The van der Waals surface area contributed by atoms with Crippen LogP contribution in [0.5, 0.6) is 0 Å². The van der Waals surface area contributed by atoms with E-state index in [-0.39, 0.29) is 0 Å². The molecule has 0 radical (unpaired) electrons. The van der Waals surface area contributed by atoms with Gasteiger partial charge in [-0.15, -0.1) is 0 Å². The number of hydrogen-bond acceptors (Lipinski definition) is 4. The minimum Gasteiger partial charge on any atom is -0.396 e. The molecule has 0 aromatic heterocycles. The lowest BCUT2D eigenvalue weighted by atomic mass is 9.79. The maximum Gasteiger partial charge on any atom is 0.0472 e. The first-order chi connectivity index (χ1) is 9.78. The molecule has 2 aliphatic heterocycles. The van der Waals surface area contributed by atoms with Crippen molar-refractivity contribution in [3.05, 3.63) is 0 Å². The summed E-state index contributed by atoms with van der Waals surface area (Å²) in [4.78, 5) is 2.62. The molecule has 0 saturated carbocycles. The summed E-state index contributed by atoms with van der Waals surface area (Å²) < 4.78 is 5.58. The first-order valence-corrected chi connectivity index (χ1v) is 8.40. The molecule has 0 aromatic carbocycles. The van der Waals surface area contributed by atoms with Gasteiger partial charge in [0.2, 0.25) is 0 Å². The molecule has 0 aliphatic carbocycles. The maximum atomic E-state index is 9.08. The molecule has 20 heavy (non-hydrogen) atoms. The summed E-state index contributed by atoms with van der Waals surface area (Å²) >= 11 is 0. The molecule has 4 heteroatoms. The summed E-state index contributed by atoms with van der Waals surface area (Å²) in [6.07, 6.45) is 5.81. The van der Waals surface area contributed by atoms with Crippen LogP contribution in [0.25, 0.3) is 0 Å². The zero-order valence-electron chi connectivity index (χ0n) is 13.1. The Morgan fingerprint density at radius 1 is 1.35 bits per heavy atom. The van der Waals surface area contributed by atoms with Crippen LogP contribution in [0.15, 0.2) is 0 Å². The molecular formula is C16H32N2O2. The first-order valence-electron chi connectivity index (χ1n) is 8.40. The van der Waals surface area contributed by atoms with Crippen molar-refractivity contribution >= 4 is 0 Å². The van der Waals surface area contributed by atoms with E-state index >= 15 is 0 Å². The van der Waals surface area contributed by atoms with Gasteiger partial charge in [0.15, 0.2) is 0 Å². The Kier molecular flexibility index (Phi) is 6.75. The molecule has 118 valence electrons. The van der Waals surface area contributed by atoms with E-state index in [9.17, 15) is 0 Å². The lowest BCUT2D eigenvalue weighted by Gasteiger charge is -2.40. The smallest absolute Gasteiger partial charge is 0.0472 e. The van der Waals surface area contributed by atoms with Crippen LogP contribution in [0.3, 0.4) is 0 Å². The summed E-state index contributed by atoms with van der Waals surface area (Å²) in [6.45, 7) is 10.2. The maximum absolute atomic E-state index is 9.08. The highest BCUT2D eigenvalue weighted by Crippen LogP contribution is 2.33. The van der Waals surface area contributed by atoms with Crippen LogP contribution in [0.1, 0.15) is 39.0 Å². The van der Waals surface area contributed by atoms with Gasteiger partial charge in [-0.2, -0.15) is 0 Å². The molecule has 2 aliphatic rings. The normalized spacial score (nSPS) is 27.0. The second-order valence-corrected chi connectivity index (χ2v) is 6.69. The lowest BCUT2D eigenvalue weighted by molar-refractivity contribution is -0.00144. The van der Waals surface area contributed by atoms with Crippen LogP contribution in [0.2, 0.25) is 0 Å². The number of rotatable bonds is 8. The molecule has 0 bridgehead atoms. The standard InChI is InChI=1S/C16H32N2O2/c1-2-7-17-13-16(5-10-20-11-6-16)14-18-8-3-15(12-18)4-9-19/h15,17,19H,2-14H2,1H3. The number of hydrogen-bond donors (Lipinski definition) is 2. The monoisotopic (exact) mass is 284 g/mol. The summed E-state index contributed by atoms with van der Waals surface area (Å²) in [5.74, 6) is 0.709. The molecule has 0 spiro atoms. The number of ether oxygens (including phenoxy) is 1. The fourth-order valence-electron chi connectivity index (χ4n) is 3.67. The Bertz CT molecular complexity index is 267. The first kappa shape index (κ1) is 16.2. The molecule has 2 saturated heterocycles. The van der Waals surface area contributed by atoms with Gasteiger partial charge in [0.25, 0.3) is 0 Å². The van der Waals surface area contributed by atoms with Gasteiger partial charge in [0.05, 0.1) is 0 Å². The minimum absolute atomic E-state index is 0.343. The third kappa shape index (κ3) is 4.69. The van der Waals surface area contributed by atoms with E-state index in [1.165, 1.54) is 45.3 Å². The van der Waals surface area contributed by atoms with Crippen LogP contribution < -0.4 is 5.32 Å². The zero-order valence-corrected chi connectivity index (χ0v) is 13.1. The van der Waals surface area contributed by atoms with E-state index < -0.39 is 0 Å². The van der Waals surface area contributed by atoms with Crippen molar-refractivity contribution in [2.75, 3.05) is 52.5 Å². The third-order valence-electron chi connectivity index (χ3n) is 4.95. The molecule has 4 nitrogen and oxygen atoms in total. The Labute approximate surface area is 123 Å². The van der Waals surface area contributed by atoms with Crippen molar-refractivity contribution in [1.29, 1.82) is 0 Å². The van der Waals surface area contributed by atoms with Crippen LogP contribution in [-0.2, 0) is 4.74 Å². The predicted octanol–water partition coefficient (Wildman–Crippen LogP) is 1.49. The number of aliphatic hydroxyl groups is 1. The Balaban J connectivity index is 1.84. The number of nitrogens with one attached hydrogen (secondary N) is 1. The van der Waals surface area contributed by atoms with Gasteiger partial charge in [0.1, 0.15) is 0 Å². The van der Waals surface area contributed by atoms with Gasteiger partial charge in [-0.3, -0.25) is 0 Å². The van der Waals surface area contributed by atoms with E-state index in [0.29, 0.717) is 17.9 Å². The fourth-order valence-corrected chi connectivity index (χ4v) is 3.67. The van der Waals surface area contributed by atoms with Gasteiger partial charge >= 0.3 is 0 Å². The third-order valence-corrected chi connectivity index (χ3v) is 4.95. The van der Waals surface area contributed by atoms with Crippen LogP contribution in [0, 0.1) is 11.3 Å². The lowest BCUT2D eigenvalue weighted by Crippen LogP contribution is -2.47.